The van der Waals surface area contributed by atoms with Gasteiger partial charge < -0.3 is 10.6 Å². The van der Waals surface area contributed by atoms with Crippen LogP contribution in [0.3, 0.4) is 0 Å². The first-order valence-corrected chi connectivity index (χ1v) is 7.79. The molecule has 0 aliphatic rings. The molecular formula is C16H21N3S. The van der Waals surface area contributed by atoms with E-state index in [1.807, 2.05) is 6.07 Å². The summed E-state index contributed by atoms with van der Waals surface area (Å²) in [6, 6.07) is 14.8. The standard InChI is InChI=1S/C16H21N3S/c1-3-17-16(18-12-15-10-7-11-20-15)19-13(2)14-8-5-4-6-9-14/h4-11,13H,3,12H2,1-2H3,(H2,17,18,19). The Labute approximate surface area is 124 Å². The summed E-state index contributed by atoms with van der Waals surface area (Å²) in [7, 11) is 0. The number of nitrogens with zero attached hydrogens (tertiary/aromatic N) is 1. The summed E-state index contributed by atoms with van der Waals surface area (Å²) < 4.78 is 0. The van der Waals surface area contributed by atoms with Gasteiger partial charge in [0.1, 0.15) is 0 Å². The summed E-state index contributed by atoms with van der Waals surface area (Å²) in [6.07, 6.45) is 0. The number of benzene rings is 1. The van der Waals surface area contributed by atoms with Crippen LogP contribution in [0.25, 0.3) is 0 Å². The third-order valence-corrected chi connectivity index (χ3v) is 3.83. The smallest absolute Gasteiger partial charge is 0.192 e. The lowest BCUT2D eigenvalue weighted by Gasteiger charge is -2.18. The predicted octanol–water partition coefficient (Wildman–Crippen LogP) is 3.56. The number of hydrogen-bond donors (Lipinski definition) is 2. The van der Waals surface area contributed by atoms with E-state index in [4.69, 9.17) is 0 Å². The Bertz CT molecular complexity index is 520. The molecule has 1 atom stereocenters. The van der Waals surface area contributed by atoms with Gasteiger partial charge in [-0.2, -0.15) is 0 Å². The monoisotopic (exact) mass is 287 g/mol. The summed E-state index contributed by atoms with van der Waals surface area (Å²) in [5, 5.41) is 8.81. The summed E-state index contributed by atoms with van der Waals surface area (Å²) in [5.74, 6) is 0.859. The molecule has 0 fully saturated rings. The van der Waals surface area contributed by atoms with Crippen molar-refractivity contribution in [2.24, 2.45) is 4.99 Å². The normalized spacial score (nSPS) is 13.0. The minimum atomic E-state index is 0.234. The molecule has 4 heteroatoms. The maximum atomic E-state index is 4.63. The van der Waals surface area contributed by atoms with Crippen molar-refractivity contribution in [2.45, 2.75) is 26.4 Å². The van der Waals surface area contributed by atoms with Crippen LogP contribution in [-0.4, -0.2) is 12.5 Å². The molecule has 0 aliphatic heterocycles. The van der Waals surface area contributed by atoms with Crippen LogP contribution in [0.1, 0.15) is 30.3 Å². The molecule has 1 heterocycles. The summed E-state index contributed by atoms with van der Waals surface area (Å²) in [4.78, 5) is 5.90. The average Bonchev–Trinajstić information content (AvgIpc) is 2.99. The summed E-state index contributed by atoms with van der Waals surface area (Å²) >= 11 is 1.74. The van der Waals surface area contributed by atoms with Crippen molar-refractivity contribution in [1.82, 2.24) is 10.6 Å². The number of thiophene rings is 1. The molecular weight excluding hydrogens is 266 g/mol. The Hall–Kier alpha value is -1.81. The molecule has 2 N–H and O–H groups in total. The van der Waals surface area contributed by atoms with E-state index in [9.17, 15) is 0 Å². The largest absolute Gasteiger partial charge is 0.357 e. The van der Waals surface area contributed by atoms with Crippen molar-refractivity contribution in [2.75, 3.05) is 6.54 Å². The number of rotatable bonds is 5. The van der Waals surface area contributed by atoms with Gasteiger partial charge in [0.15, 0.2) is 5.96 Å². The van der Waals surface area contributed by atoms with Crippen molar-refractivity contribution >= 4 is 17.3 Å². The second kappa shape index (κ2) is 7.70. The van der Waals surface area contributed by atoms with E-state index in [1.54, 1.807) is 11.3 Å². The van der Waals surface area contributed by atoms with E-state index in [2.05, 4.69) is 71.3 Å². The van der Waals surface area contributed by atoms with Gasteiger partial charge in [0.2, 0.25) is 0 Å². The van der Waals surface area contributed by atoms with E-state index in [-0.39, 0.29) is 6.04 Å². The number of hydrogen-bond acceptors (Lipinski definition) is 2. The molecule has 2 aromatic rings. The van der Waals surface area contributed by atoms with Crippen LogP contribution in [0.15, 0.2) is 52.8 Å². The van der Waals surface area contributed by atoms with Crippen molar-refractivity contribution in [1.29, 1.82) is 0 Å². The lowest BCUT2D eigenvalue weighted by molar-refractivity contribution is 0.687. The van der Waals surface area contributed by atoms with E-state index in [0.717, 1.165) is 12.5 Å². The summed E-state index contributed by atoms with van der Waals surface area (Å²) in [5.41, 5.74) is 1.26. The van der Waals surface area contributed by atoms with Crippen molar-refractivity contribution in [3.05, 3.63) is 58.3 Å². The van der Waals surface area contributed by atoms with Gasteiger partial charge in [0, 0.05) is 11.4 Å². The highest BCUT2D eigenvalue weighted by Crippen LogP contribution is 2.12. The minimum absolute atomic E-state index is 0.234. The first kappa shape index (κ1) is 14.6. The van der Waals surface area contributed by atoms with Crippen molar-refractivity contribution in [3.8, 4) is 0 Å². The average molecular weight is 287 g/mol. The quantitative estimate of drug-likeness (QED) is 0.651. The Kier molecular flexibility index (Phi) is 5.62. The molecule has 0 saturated heterocycles. The molecule has 0 spiro atoms. The fourth-order valence-electron chi connectivity index (χ4n) is 1.91. The van der Waals surface area contributed by atoms with E-state index >= 15 is 0 Å². The van der Waals surface area contributed by atoms with Crippen LogP contribution in [0.5, 0.6) is 0 Å². The first-order valence-electron chi connectivity index (χ1n) is 6.91. The fourth-order valence-corrected chi connectivity index (χ4v) is 2.54. The SMILES string of the molecule is CCNC(=NCc1cccs1)NC(C)c1ccccc1. The molecule has 20 heavy (non-hydrogen) atoms. The Morgan fingerprint density at radius 2 is 2.00 bits per heavy atom. The minimum Gasteiger partial charge on any atom is -0.357 e. The third kappa shape index (κ3) is 4.38. The first-order chi connectivity index (χ1) is 9.79. The molecule has 0 radical (unpaired) electrons. The predicted molar refractivity (Wildman–Crippen MR) is 87.1 cm³/mol. The highest BCUT2D eigenvalue weighted by atomic mass is 32.1. The van der Waals surface area contributed by atoms with Crippen LogP contribution in [0.2, 0.25) is 0 Å². The van der Waals surface area contributed by atoms with Gasteiger partial charge in [-0.1, -0.05) is 36.4 Å². The number of aliphatic imine (C=N–C) groups is 1. The van der Waals surface area contributed by atoms with Gasteiger partial charge in [-0.3, -0.25) is 0 Å². The van der Waals surface area contributed by atoms with Gasteiger partial charge in [0.05, 0.1) is 12.6 Å². The maximum absolute atomic E-state index is 4.63. The van der Waals surface area contributed by atoms with E-state index < -0.39 is 0 Å². The van der Waals surface area contributed by atoms with Gasteiger partial charge in [0.25, 0.3) is 0 Å². The van der Waals surface area contributed by atoms with Gasteiger partial charge in [-0.25, -0.2) is 4.99 Å². The van der Waals surface area contributed by atoms with Gasteiger partial charge in [-0.05, 0) is 30.9 Å². The molecule has 2 rings (SSSR count). The van der Waals surface area contributed by atoms with Gasteiger partial charge in [-0.15, -0.1) is 11.3 Å². The second-order valence-electron chi connectivity index (χ2n) is 4.55. The zero-order valence-corrected chi connectivity index (χ0v) is 12.8. The molecule has 1 aromatic heterocycles. The maximum Gasteiger partial charge on any atom is 0.192 e. The van der Waals surface area contributed by atoms with Crippen LogP contribution >= 0.6 is 11.3 Å². The fraction of sp³-hybridized carbons (Fsp3) is 0.312. The van der Waals surface area contributed by atoms with Crippen LogP contribution < -0.4 is 10.6 Å². The molecule has 1 unspecified atom stereocenters. The Morgan fingerprint density at radius 3 is 2.65 bits per heavy atom. The Balaban J connectivity index is 1.99. The van der Waals surface area contributed by atoms with Crippen molar-refractivity contribution < 1.29 is 0 Å². The molecule has 1 aromatic carbocycles. The van der Waals surface area contributed by atoms with Gasteiger partial charge >= 0.3 is 0 Å². The molecule has 0 saturated carbocycles. The van der Waals surface area contributed by atoms with E-state index in [1.165, 1.54) is 10.4 Å². The highest BCUT2D eigenvalue weighted by Gasteiger charge is 2.06. The molecule has 0 bridgehead atoms. The molecule has 106 valence electrons. The number of nitrogens with one attached hydrogen (secondary N) is 2. The van der Waals surface area contributed by atoms with Crippen molar-refractivity contribution in [3.63, 3.8) is 0 Å². The molecule has 3 nitrogen and oxygen atoms in total. The van der Waals surface area contributed by atoms with Crippen LogP contribution in [-0.2, 0) is 6.54 Å². The van der Waals surface area contributed by atoms with Crippen LogP contribution in [0, 0.1) is 0 Å². The third-order valence-electron chi connectivity index (χ3n) is 2.97. The number of guanidine groups is 1. The van der Waals surface area contributed by atoms with Crippen LogP contribution in [0.4, 0.5) is 0 Å². The lowest BCUT2D eigenvalue weighted by atomic mass is 10.1. The second-order valence-corrected chi connectivity index (χ2v) is 5.58. The molecule has 0 amide bonds. The molecule has 0 aliphatic carbocycles. The Morgan fingerprint density at radius 1 is 1.20 bits per heavy atom. The lowest BCUT2D eigenvalue weighted by Crippen LogP contribution is -2.38. The zero-order chi connectivity index (χ0) is 14.2. The highest BCUT2D eigenvalue weighted by molar-refractivity contribution is 7.09. The van der Waals surface area contributed by atoms with E-state index in [0.29, 0.717) is 6.54 Å². The summed E-state index contributed by atoms with van der Waals surface area (Å²) in [6.45, 7) is 5.80. The topological polar surface area (TPSA) is 36.4 Å². The zero-order valence-electron chi connectivity index (χ0n) is 12.0.